The Bertz CT molecular complexity index is 720. The maximum atomic E-state index is 6.41. The van der Waals surface area contributed by atoms with Crippen molar-refractivity contribution in [2.45, 2.75) is 193 Å². The highest BCUT2D eigenvalue weighted by Gasteiger charge is 2.17. The van der Waals surface area contributed by atoms with Gasteiger partial charge in [0.2, 0.25) is 0 Å². The number of hydrogen-bond donors (Lipinski definition) is 0. The molecule has 3 nitrogen and oxygen atoms in total. The number of unbranched alkanes of at least 4 members (excludes halogenated alkanes) is 18. The maximum absolute atomic E-state index is 6.41. The van der Waals surface area contributed by atoms with Gasteiger partial charge in [0.25, 0.3) is 0 Å². The Morgan fingerprint density at radius 2 is 0.894 bits per heavy atom. The Morgan fingerprint density at radius 3 is 1.38 bits per heavy atom. The fourth-order valence-corrected chi connectivity index (χ4v) is 6.33. The third-order valence-corrected chi connectivity index (χ3v) is 9.40. The number of rotatable bonds is 35. The zero-order valence-corrected chi connectivity index (χ0v) is 31.8. The summed E-state index contributed by atoms with van der Waals surface area (Å²) < 4.78 is 12.6. The van der Waals surface area contributed by atoms with Crippen LogP contribution in [-0.2, 0) is 9.47 Å². The van der Waals surface area contributed by atoms with Crippen molar-refractivity contribution in [1.29, 1.82) is 0 Å². The van der Waals surface area contributed by atoms with Crippen molar-refractivity contribution in [2.75, 3.05) is 39.5 Å². The van der Waals surface area contributed by atoms with Gasteiger partial charge in [0.15, 0.2) is 0 Å². The van der Waals surface area contributed by atoms with E-state index in [0.29, 0.717) is 0 Å². The lowest BCUT2D eigenvalue weighted by atomic mass is 10.1. The molecule has 1 fully saturated rings. The van der Waals surface area contributed by atoms with Gasteiger partial charge in [-0.05, 0) is 103 Å². The summed E-state index contributed by atoms with van der Waals surface area (Å²) in [6, 6.07) is 0. The van der Waals surface area contributed by atoms with Crippen molar-refractivity contribution in [3.8, 4) is 0 Å². The molecule has 274 valence electrons. The second-order valence-corrected chi connectivity index (χ2v) is 14.1. The van der Waals surface area contributed by atoms with E-state index in [1.54, 1.807) is 0 Å². The first kappa shape index (κ1) is 43.9. The molecule has 1 heterocycles. The Hall–Kier alpha value is -1.16. The number of hydrogen-bond acceptors (Lipinski definition) is 3. The van der Waals surface area contributed by atoms with Gasteiger partial charge in [-0.25, -0.2) is 0 Å². The van der Waals surface area contributed by atoms with Crippen LogP contribution in [0, 0.1) is 0 Å². The highest BCUT2D eigenvalue weighted by molar-refractivity contribution is 4.93. The van der Waals surface area contributed by atoms with Gasteiger partial charge in [0.1, 0.15) is 0 Å². The highest BCUT2D eigenvalue weighted by Crippen LogP contribution is 2.13. The first-order chi connectivity index (χ1) is 23.4. The molecule has 47 heavy (non-hydrogen) atoms. The molecule has 1 aliphatic rings. The molecule has 0 amide bonds. The summed E-state index contributed by atoms with van der Waals surface area (Å²) >= 11 is 0. The first-order valence-corrected chi connectivity index (χ1v) is 20.9. The van der Waals surface area contributed by atoms with E-state index >= 15 is 0 Å². The predicted molar refractivity (Wildman–Crippen MR) is 210 cm³/mol. The van der Waals surface area contributed by atoms with Crippen LogP contribution in [0.2, 0.25) is 0 Å². The van der Waals surface area contributed by atoms with Gasteiger partial charge in [-0.1, -0.05) is 146 Å². The molecule has 0 bridgehead atoms. The van der Waals surface area contributed by atoms with Crippen LogP contribution < -0.4 is 0 Å². The van der Waals surface area contributed by atoms with E-state index in [1.807, 2.05) is 0 Å². The van der Waals surface area contributed by atoms with E-state index < -0.39 is 0 Å². The Kier molecular flexibility index (Phi) is 35.1. The van der Waals surface area contributed by atoms with Gasteiger partial charge in [0.05, 0.1) is 12.7 Å². The third-order valence-electron chi connectivity index (χ3n) is 9.40. The van der Waals surface area contributed by atoms with Crippen LogP contribution in [-0.4, -0.2) is 50.5 Å². The highest BCUT2D eigenvalue weighted by atomic mass is 16.5. The minimum Gasteiger partial charge on any atom is -0.379 e. The molecule has 1 aliphatic heterocycles. The van der Waals surface area contributed by atoms with Gasteiger partial charge < -0.3 is 14.4 Å². The average Bonchev–Trinajstić information content (AvgIpc) is 3.09. The first-order valence-electron chi connectivity index (χ1n) is 20.9. The lowest BCUT2D eigenvalue weighted by Gasteiger charge is -2.30. The second-order valence-electron chi connectivity index (χ2n) is 14.1. The molecule has 0 aliphatic carbocycles. The normalized spacial score (nSPS) is 15.4. The molecule has 0 N–H and O–H groups in total. The van der Waals surface area contributed by atoms with Crippen LogP contribution in [0.5, 0.6) is 0 Å². The van der Waals surface area contributed by atoms with E-state index in [9.17, 15) is 0 Å². The van der Waals surface area contributed by atoms with Gasteiger partial charge in [-0.3, -0.25) is 0 Å². The molecular weight excluding hydrogens is 574 g/mol. The van der Waals surface area contributed by atoms with Crippen LogP contribution in [0.1, 0.15) is 187 Å². The van der Waals surface area contributed by atoms with E-state index in [1.165, 1.54) is 174 Å². The Balaban J connectivity index is 2.01. The smallest absolute Gasteiger partial charge is 0.0934 e. The zero-order chi connectivity index (χ0) is 33.6. The summed E-state index contributed by atoms with van der Waals surface area (Å²) in [5.74, 6) is 0. The largest absolute Gasteiger partial charge is 0.379 e. The van der Waals surface area contributed by atoms with Gasteiger partial charge in [0, 0.05) is 19.8 Å². The molecule has 3 heteroatoms. The lowest BCUT2D eigenvalue weighted by Crippen LogP contribution is -2.39. The summed E-state index contributed by atoms with van der Waals surface area (Å²) in [5.41, 5.74) is 0. The topological polar surface area (TPSA) is 21.7 Å². The fraction of sp³-hybridized carbons (Fsp3) is 0.818. The van der Waals surface area contributed by atoms with Crippen LogP contribution in [0.25, 0.3) is 0 Å². The van der Waals surface area contributed by atoms with Gasteiger partial charge in [-0.2, -0.15) is 0 Å². The summed E-state index contributed by atoms with van der Waals surface area (Å²) in [4.78, 5) is 2.61. The number of piperidine rings is 1. The van der Waals surface area contributed by atoms with E-state index in [-0.39, 0.29) is 6.10 Å². The van der Waals surface area contributed by atoms with Crippen molar-refractivity contribution in [3.63, 3.8) is 0 Å². The van der Waals surface area contributed by atoms with Crippen LogP contribution >= 0.6 is 0 Å². The zero-order valence-electron chi connectivity index (χ0n) is 31.8. The van der Waals surface area contributed by atoms with E-state index in [2.05, 4.69) is 67.4 Å². The molecule has 0 aromatic heterocycles. The minimum absolute atomic E-state index is 0.232. The van der Waals surface area contributed by atoms with Crippen LogP contribution in [0.3, 0.4) is 0 Å². The molecule has 0 spiro atoms. The number of allylic oxidation sites excluding steroid dienone is 8. The maximum Gasteiger partial charge on any atom is 0.0934 e. The molecule has 0 saturated carbocycles. The average molecular weight is 656 g/mol. The van der Waals surface area contributed by atoms with Crippen molar-refractivity contribution in [2.24, 2.45) is 0 Å². The van der Waals surface area contributed by atoms with Crippen molar-refractivity contribution in [1.82, 2.24) is 4.90 Å². The van der Waals surface area contributed by atoms with Crippen molar-refractivity contribution in [3.05, 3.63) is 48.6 Å². The summed E-state index contributed by atoms with van der Waals surface area (Å²) in [5, 5.41) is 0. The second kappa shape index (κ2) is 37.7. The number of nitrogens with zero attached hydrogens (tertiary/aromatic N) is 1. The fourth-order valence-electron chi connectivity index (χ4n) is 6.33. The predicted octanol–water partition coefficient (Wildman–Crippen LogP) is 13.5. The molecule has 0 radical (unpaired) electrons. The summed E-state index contributed by atoms with van der Waals surface area (Å²) in [6.07, 6.45) is 54.1. The van der Waals surface area contributed by atoms with E-state index in [4.69, 9.17) is 9.47 Å². The monoisotopic (exact) mass is 656 g/mol. The minimum atomic E-state index is 0.232. The van der Waals surface area contributed by atoms with Gasteiger partial charge >= 0.3 is 0 Å². The van der Waals surface area contributed by atoms with Crippen LogP contribution in [0.4, 0.5) is 0 Å². The molecule has 1 saturated heterocycles. The van der Waals surface area contributed by atoms with Crippen molar-refractivity contribution < 1.29 is 9.47 Å². The Morgan fingerprint density at radius 1 is 0.468 bits per heavy atom. The molecule has 1 rings (SSSR count). The lowest BCUT2D eigenvalue weighted by molar-refractivity contribution is -0.0363. The Labute approximate surface area is 295 Å². The molecule has 0 aromatic carbocycles. The van der Waals surface area contributed by atoms with Crippen molar-refractivity contribution >= 4 is 0 Å². The quantitative estimate of drug-likeness (QED) is 0.0501. The molecular formula is C44H81NO2. The third kappa shape index (κ3) is 33.1. The van der Waals surface area contributed by atoms with Crippen LogP contribution in [0.15, 0.2) is 48.6 Å². The molecule has 0 aromatic rings. The molecule has 1 unspecified atom stereocenters. The van der Waals surface area contributed by atoms with Gasteiger partial charge in [-0.15, -0.1) is 0 Å². The number of ether oxygens (including phenoxy) is 2. The SMILES string of the molecule is CCCCCC=CCC=CCCCCCCCCOCC(CN1CCCCC1)OCCCCCCCCC=CCC=CCCCCC. The van der Waals surface area contributed by atoms with E-state index in [0.717, 1.165) is 39.2 Å². The summed E-state index contributed by atoms with van der Waals surface area (Å²) in [7, 11) is 0. The molecule has 1 atom stereocenters. The number of likely N-dealkylation sites (tertiary alicyclic amines) is 1. The standard InChI is InChI=1S/C44H81NO2/c1-3-5-7-9-11-13-15-17-19-21-23-25-27-29-31-36-40-46-43-44(42-45-38-34-33-35-39-45)47-41-37-32-30-28-26-24-22-20-18-16-14-12-10-8-6-4-2/h11-14,17-20,44H,3-10,15-16,21-43H2,1-2H3. The summed E-state index contributed by atoms with van der Waals surface area (Å²) in [6.45, 7) is 10.6.